The van der Waals surface area contributed by atoms with Gasteiger partial charge in [0, 0.05) is 13.0 Å². The molecule has 28 heavy (non-hydrogen) atoms. The standard InChI is InChI=1S/C21H32BNO5/c1-19(2,3)26-18(25)13-12-17(24)23-14-15-8-10-16(11-9-15)22-27-20(4,5)21(6,7)28-22/h8-11H,12-14H2,1-7H3,(H,23,24). The van der Waals surface area contributed by atoms with Crippen LogP contribution < -0.4 is 10.8 Å². The number of benzene rings is 1. The summed E-state index contributed by atoms with van der Waals surface area (Å²) in [5.74, 6) is -0.546. The van der Waals surface area contributed by atoms with Crippen molar-refractivity contribution in [2.45, 2.75) is 84.7 Å². The molecule has 0 aromatic heterocycles. The Bertz CT molecular complexity index is 691. The van der Waals surface area contributed by atoms with Gasteiger partial charge < -0.3 is 19.4 Å². The minimum atomic E-state index is -0.535. The van der Waals surface area contributed by atoms with E-state index < -0.39 is 12.7 Å². The summed E-state index contributed by atoms with van der Waals surface area (Å²) in [4.78, 5) is 23.6. The van der Waals surface area contributed by atoms with Gasteiger partial charge >= 0.3 is 13.1 Å². The molecule has 1 N–H and O–H groups in total. The largest absolute Gasteiger partial charge is 0.494 e. The number of carbonyl (C=O) groups excluding carboxylic acids is 2. The molecule has 154 valence electrons. The first-order valence-electron chi connectivity index (χ1n) is 9.72. The first-order chi connectivity index (χ1) is 12.8. The van der Waals surface area contributed by atoms with E-state index in [9.17, 15) is 9.59 Å². The van der Waals surface area contributed by atoms with Crippen molar-refractivity contribution in [3.63, 3.8) is 0 Å². The van der Waals surface area contributed by atoms with Crippen LogP contribution in [0.25, 0.3) is 0 Å². The molecule has 1 heterocycles. The van der Waals surface area contributed by atoms with Crippen molar-refractivity contribution in [1.82, 2.24) is 5.32 Å². The third-order valence-electron chi connectivity index (χ3n) is 4.97. The van der Waals surface area contributed by atoms with Crippen LogP contribution in [0.15, 0.2) is 24.3 Å². The fourth-order valence-corrected chi connectivity index (χ4v) is 2.67. The Morgan fingerprint density at radius 1 is 1.00 bits per heavy atom. The van der Waals surface area contributed by atoms with Gasteiger partial charge in [-0.2, -0.15) is 0 Å². The van der Waals surface area contributed by atoms with E-state index in [0.29, 0.717) is 6.54 Å². The summed E-state index contributed by atoms with van der Waals surface area (Å²) in [5, 5.41) is 2.82. The maximum atomic E-state index is 11.9. The summed E-state index contributed by atoms with van der Waals surface area (Å²) in [7, 11) is -0.400. The van der Waals surface area contributed by atoms with E-state index in [0.717, 1.165) is 11.0 Å². The lowest BCUT2D eigenvalue weighted by Crippen LogP contribution is -2.41. The van der Waals surface area contributed by atoms with Crippen LogP contribution in [-0.2, 0) is 30.2 Å². The van der Waals surface area contributed by atoms with Gasteiger partial charge in [0.25, 0.3) is 0 Å². The van der Waals surface area contributed by atoms with Crippen LogP contribution in [0.5, 0.6) is 0 Å². The Kier molecular flexibility index (Phi) is 6.61. The van der Waals surface area contributed by atoms with E-state index in [2.05, 4.69) is 5.32 Å². The van der Waals surface area contributed by atoms with Crippen molar-refractivity contribution in [3.05, 3.63) is 29.8 Å². The highest BCUT2D eigenvalue weighted by atomic mass is 16.7. The van der Waals surface area contributed by atoms with Crippen LogP contribution in [0.4, 0.5) is 0 Å². The highest BCUT2D eigenvalue weighted by Gasteiger charge is 2.51. The normalized spacial score (nSPS) is 18.0. The SMILES string of the molecule is CC(C)(C)OC(=O)CCC(=O)NCc1ccc(B2OC(C)(C)C(C)(C)O2)cc1. The zero-order valence-corrected chi connectivity index (χ0v) is 18.0. The third kappa shape index (κ3) is 6.07. The Morgan fingerprint density at radius 3 is 2.04 bits per heavy atom. The van der Waals surface area contributed by atoms with Crippen LogP contribution in [0.3, 0.4) is 0 Å². The van der Waals surface area contributed by atoms with Crippen LogP contribution in [-0.4, -0.2) is 35.8 Å². The molecule has 1 aromatic rings. The highest BCUT2D eigenvalue weighted by molar-refractivity contribution is 6.62. The molecule has 0 spiro atoms. The van der Waals surface area contributed by atoms with Crippen molar-refractivity contribution in [2.24, 2.45) is 0 Å². The van der Waals surface area contributed by atoms with Crippen LogP contribution in [0.2, 0.25) is 0 Å². The number of carbonyl (C=O) groups is 2. The molecule has 0 unspecified atom stereocenters. The average Bonchev–Trinajstić information content (AvgIpc) is 2.78. The quantitative estimate of drug-likeness (QED) is 0.598. The van der Waals surface area contributed by atoms with Gasteiger partial charge in [0.05, 0.1) is 17.6 Å². The zero-order chi connectivity index (χ0) is 21.2. The lowest BCUT2D eigenvalue weighted by atomic mass is 9.79. The summed E-state index contributed by atoms with van der Waals surface area (Å²) >= 11 is 0. The second-order valence-electron chi connectivity index (χ2n) is 9.19. The van der Waals surface area contributed by atoms with Gasteiger partial charge in [-0.15, -0.1) is 0 Å². The molecule has 1 aromatic carbocycles. The topological polar surface area (TPSA) is 73.9 Å². The fourth-order valence-electron chi connectivity index (χ4n) is 2.67. The number of rotatable bonds is 6. The van der Waals surface area contributed by atoms with Gasteiger partial charge in [0.1, 0.15) is 5.60 Å². The van der Waals surface area contributed by atoms with E-state index in [4.69, 9.17) is 14.0 Å². The molecule has 0 bridgehead atoms. The summed E-state index contributed by atoms with van der Waals surface area (Å²) in [5.41, 5.74) is 0.619. The molecular weight excluding hydrogens is 357 g/mol. The summed E-state index contributed by atoms with van der Waals surface area (Å²) < 4.78 is 17.3. The number of hydrogen-bond donors (Lipinski definition) is 1. The highest BCUT2D eigenvalue weighted by Crippen LogP contribution is 2.36. The summed E-state index contributed by atoms with van der Waals surface area (Å²) in [6.07, 6.45) is 0.185. The third-order valence-corrected chi connectivity index (χ3v) is 4.97. The molecule has 1 amide bonds. The van der Waals surface area contributed by atoms with Crippen molar-refractivity contribution < 1.29 is 23.6 Å². The fraction of sp³-hybridized carbons (Fsp3) is 0.619. The van der Waals surface area contributed by atoms with Gasteiger partial charge in [-0.3, -0.25) is 9.59 Å². The molecule has 2 rings (SSSR count). The molecule has 0 aliphatic carbocycles. The Balaban J connectivity index is 1.80. The maximum Gasteiger partial charge on any atom is 0.494 e. The predicted molar refractivity (Wildman–Crippen MR) is 109 cm³/mol. The van der Waals surface area contributed by atoms with Crippen LogP contribution in [0, 0.1) is 0 Å². The number of amides is 1. The number of ether oxygens (including phenoxy) is 1. The molecule has 7 heteroatoms. The zero-order valence-electron chi connectivity index (χ0n) is 18.0. The van der Waals surface area contributed by atoms with Crippen molar-refractivity contribution in [1.29, 1.82) is 0 Å². The first-order valence-corrected chi connectivity index (χ1v) is 9.72. The van der Waals surface area contributed by atoms with E-state index in [1.165, 1.54) is 0 Å². The molecule has 1 saturated heterocycles. The number of esters is 1. The van der Waals surface area contributed by atoms with E-state index in [1.807, 2.05) is 52.0 Å². The van der Waals surface area contributed by atoms with E-state index >= 15 is 0 Å². The molecule has 1 fully saturated rings. The number of hydrogen-bond acceptors (Lipinski definition) is 5. The molecule has 0 saturated carbocycles. The van der Waals surface area contributed by atoms with E-state index in [-0.39, 0.29) is 35.9 Å². The average molecular weight is 389 g/mol. The summed E-state index contributed by atoms with van der Waals surface area (Å²) in [6.45, 7) is 13.9. The molecular formula is C21H32BNO5. The Hall–Kier alpha value is -1.86. The minimum absolute atomic E-state index is 0.0734. The smallest absolute Gasteiger partial charge is 0.460 e. The Labute approximate surface area is 168 Å². The van der Waals surface area contributed by atoms with Crippen molar-refractivity contribution in [3.8, 4) is 0 Å². The van der Waals surface area contributed by atoms with Crippen molar-refractivity contribution in [2.75, 3.05) is 0 Å². The number of nitrogens with one attached hydrogen (secondary N) is 1. The van der Waals surface area contributed by atoms with Crippen LogP contribution in [0.1, 0.15) is 66.9 Å². The molecule has 6 nitrogen and oxygen atoms in total. The second kappa shape index (κ2) is 8.25. The lowest BCUT2D eigenvalue weighted by Gasteiger charge is -2.32. The maximum absolute atomic E-state index is 11.9. The second-order valence-corrected chi connectivity index (χ2v) is 9.19. The van der Waals surface area contributed by atoms with Gasteiger partial charge in [-0.25, -0.2) is 0 Å². The minimum Gasteiger partial charge on any atom is -0.460 e. The molecule has 1 aliphatic heterocycles. The Morgan fingerprint density at radius 2 is 1.54 bits per heavy atom. The lowest BCUT2D eigenvalue weighted by molar-refractivity contribution is -0.155. The molecule has 0 radical (unpaired) electrons. The monoisotopic (exact) mass is 389 g/mol. The van der Waals surface area contributed by atoms with Crippen LogP contribution >= 0.6 is 0 Å². The molecule has 1 aliphatic rings. The van der Waals surface area contributed by atoms with Gasteiger partial charge in [-0.1, -0.05) is 24.3 Å². The first kappa shape index (κ1) is 22.4. The van der Waals surface area contributed by atoms with Gasteiger partial charge in [0.15, 0.2) is 0 Å². The predicted octanol–water partition coefficient (Wildman–Crippen LogP) is 2.72. The van der Waals surface area contributed by atoms with Gasteiger partial charge in [0.2, 0.25) is 5.91 Å². The van der Waals surface area contributed by atoms with Gasteiger partial charge in [-0.05, 0) is 59.5 Å². The molecule has 0 atom stereocenters. The van der Waals surface area contributed by atoms with E-state index in [1.54, 1.807) is 20.8 Å². The summed E-state index contributed by atoms with van der Waals surface area (Å²) in [6, 6.07) is 7.78. The van der Waals surface area contributed by atoms with Crippen molar-refractivity contribution >= 4 is 24.5 Å².